The van der Waals surface area contributed by atoms with E-state index in [9.17, 15) is 9.59 Å². The topological polar surface area (TPSA) is 92.4 Å². The smallest absolute Gasteiger partial charge is 0.328 e. The van der Waals surface area contributed by atoms with Gasteiger partial charge in [0.2, 0.25) is 0 Å². The van der Waals surface area contributed by atoms with E-state index in [1.54, 1.807) is 12.1 Å². The second-order valence-corrected chi connectivity index (χ2v) is 4.14. The van der Waals surface area contributed by atoms with Crippen LogP contribution in [0, 0.1) is 6.92 Å². The third-order valence-corrected chi connectivity index (χ3v) is 2.45. The largest absolute Gasteiger partial charge is 0.478 e. The summed E-state index contributed by atoms with van der Waals surface area (Å²) >= 11 is 0. The Morgan fingerprint density at radius 1 is 1.35 bits per heavy atom. The van der Waals surface area contributed by atoms with Gasteiger partial charge in [-0.3, -0.25) is 4.79 Å². The molecule has 0 saturated heterocycles. The molecule has 102 valence electrons. The second kappa shape index (κ2) is 5.83. The molecule has 1 aromatic heterocycles. The van der Waals surface area contributed by atoms with Gasteiger partial charge in [0.05, 0.1) is 0 Å². The number of aliphatic carboxylic acids is 1. The maximum absolute atomic E-state index is 11.8. The first kappa shape index (κ1) is 13.5. The summed E-state index contributed by atoms with van der Waals surface area (Å²) in [4.78, 5) is 22.3. The van der Waals surface area contributed by atoms with Crippen LogP contribution in [0.2, 0.25) is 0 Å². The Bertz CT molecular complexity index is 660. The first-order valence-corrected chi connectivity index (χ1v) is 5.79. The van der Waals surface area contributed by atoms with Crippen molar-refractivity contribution >= 4 is 23.6 Å². The molecule has 2 rings (SSSR count). The van der Waals surface area contributed by atoms with Crippen LogP contribution < -0.4 is 5.32 Å². The summed E-state index contributed by atoms with van der Waals surface area (Å²) < 4.78 is 4.60. The lowest BCUT2D eigenvalue weighted by Crippen LogP contribution is -2.12. The molecule has 1 aromatic carbocycles. The predicted molar refractivity (Wildman–Crippen MR) is 72.3 cm³/mol. The van der Waals surface area contributed by atoms with Crippen molar-refractivity contribution < 1.29 is 19.2 Å². The highest BCUT2D eigenvalue weighted by Crippen LogP contribution is 2.16. The minimum Gasteiger partial charge on any atom is -0.478 e. The van der Waals surface area contributed by atoms with Crippen LogP contribution in [-0.2, 0) is 4.79 Å². The van der Waals surface area contributed by atoms with Gasteiger partial charge in [-0.05, 0) is 36.3 Å². The Balaban J connectivity index is 2.20. The van der Waals surface area contributed by atoms with Crippen molar-refractivity contribution in [3.05, 3.63) is 53.4 Å². The number of nitrogens with one attached hydrogen (secondary N) is 1. The first-order valence-electron chi connectivity index (χ1n) is 5.79. The van der Waals surface area contributed by atoms with Crippen molar-refractivity contribution in [2.75, 3.05) is 5.32 Å². The molecule has 0 aliphatic rings. The number of amides is 1. The average Bonchev–Trinajstić information content (AvgIpc) is 2.89. The molecule has 1 amide bonds. The lowest BCUT2D eigenvalue weighted by Gasteiger charge is -2.06. The molecule has 0 atom stereocenters. The Hall–Kier alpha value is -2.89. The third kappa shape index (κ3) is 3.55. The highest BCUT2D eigenvalue weighted by atomic mass is 16.5. The molecule has 0 radical (unpaired) electrons. The van der Waals surface area contributed by atoms with E-state index in [-0.39, 0.29) is 5.69 Å². The van der Waals surface area contributed by atoms with Crippen LogP contribution in [0.1, 0.15) is 21.6 Å². The molecule has 20 heavy (non-hydrogen) atoms. The Kier molecular flexibility index (Phi) is 3.95. The van der Waals surface area contributed by atoms with Gasteiger partial charge in [0.15, 0.2) is 5.69 Å². The number of carboxylic acid groups (broad SMARTS) is 1. The zero-order valence-corrected chi connectivity index (χ0v) is 10.7. The van der Waals surface area contributed by atoms with E-state index in [0.29, 0.717) is 11.3 Å². The molecule has 6 nitrogen and oxygen atoms in total. The van der Waals surface area contributed by atoms with E-state index in [1.807, 2.05) is 13.0 Å². The molecular weight excluding hydrogens is 260 g/mol. The number of hydrogen-bond donors (Lipinski definition) is 2. The van der Waals surface area contributed by atoms with Gasteiger partial charge in [-0.15, -0.1) is 0 Å². The van der Waals surface area contributed by atoms with Crippen molar-refractivity contribution in [1.82, 2.24) is 5.16 Å². The first-order chi connectivity index (χ1) is 9.54. The molecule has 0 spiro atoms. The summed E-state index contributed by atoms with van der Waals surface area (Å²) in [5, 5.41) is 14.8. The predicted octanol–water partition coefficient (Wildman–Crippen LogP) is 2.33. The molecule has 6 heteroatoms. The lowest BCUT2D eigenvalue weighted by molar-refractivity contribution is -0.131. The normalized spacial score (nSPS) is 10.7. The zero-order chi connectivity index (χ0) is 14.5. The molecule has 0 fully saturated rings. The number of aromatic nitrogens is 1. The number of nitrogens with zero attached hydrogens (tertiary/aromatic N) is 1. The molecule has 0 saturated carbocycles. The fraction of sp³-hybridized carbons (Fsp3) is 0.0714. The SMILES string of the molecule is Cc1cc(/C=C/C(=O)O)cc(NC(=O)c2ccon2)c1. The summed E-state index contributed by atoms with van der Waals surface area (Å²) in [5.74, 6) is -1.42. The van der Waals surface area contributed by atoms with Crippen LogP contribution in [0.25, 0.3) is 6.08 Å². The number of rotatable bonds is 4. The fourth-order valence-electron chi connectivity index (χ4n) is 1.67. The van der Waals surface area contributed by atoms with Gasteiger partial charge in [0.1, 0.15) is 6.26 Å². The molecular formula is C14H12N2O4. The van der Waals surface area contributed by atoms with Gasteiger partial charge < -0.3 is 14.9 Å². The number of carbonyl (C=O) groups is 2. The van der Waals surface area contributed by atoms with Crippen LogP contribution in [0.5, 0.6) is 0 Å². The highest BCUT2D eigenvalue weighted by Gasteiger charge is 2.09. The summed E-state index contributed by atoms with van der Waals surface area (Å²) in [6.45, 7) is 1.85. The van der Waals surface area contributed by atoms with Gasteiger partial charge in [-0.1, -0.05) is 11.2 Å². The van der Waals surface area contributed by atoms with Gasteiger partial charge in [-0.2, -0.15) is 0 Å². The van der Waals surface area contributed by atoms with Crippen molar-refractivity contribution in [2.24, 2.45) is 0 Å². The molecule has 0 bridgehead atoms. The standard InChI is InChI=1S/C14H12N2O4/c1-9-6-10(2-3-13(17)18)8-11(7-9)15-14(19)12-4-5-20-16-12/h2-8H,1H3,(H,15,19)(H,17,18)/b3-2+. The maximum atomic E-state index is 11.8. The summed E-state index contributed by atoms with van der Waals surface area (Å²) in [6.07, 6.45) is 3.81. The number of hydrogen-bond acceptors (Lipinski definition) is 4. The van der Waals surface area contributed by atoms with Crippen molar-refractivity contribution in [1.29, 1.82) is 0 Å². The number of carbonyl (C=O) groups excluding carboxylic acids is 1. The van der Waals surface area contributed by atoms with E-state index in [2.05, 4.69) is 15.0 Å². The van der Waals surface area contributed by atoms with Crippen LogP contribution in [0.15, 0.2) is 41.1 Å². The number of benzene rings is 1. The fourth-order valence-corrected chi connectivity index (χ4v) is 1.67. The van der Waals surface area contributed by atoms with Gasteiger partial charge in [0.25, 0.3) is 5.91 Å². The van der Waals surface area contributed by atoms with E-state index < -0.39 is 11.9 Å². The summed E-state index contributed by atoms with van der Waals surface area (Å²) in [7, 11) is 0. The molecule has 2 aromatic rings. The Morgan fingerprint density at radius 3 is 2.80 bits per heavy atom. The second-order valence-electron chi connectivity index (χ2n) is 4.14. The van der Waals surface area contributed by atoms with Crippen molar-refractivity contribution in [2.45, 2.75) is 6.92 Å². The van der Waals surface area contributed by atoms with Crippen molar-refractivity contribution in [3.63, 3.8) is 0 Å². The Labute approximate surface area is 114 Å². The Morgan fingerprint density at radius 2 is 2.15 bits per heavy atom. The highest BCUT2D eigenvalue weighted by molar-refractivity contribution is 6.02. The average molecular weight is 272 g/mol. The van der Waals surface area contributed by atoms with Gasteiger partial charge in [-0.25, -0.2) is 4.79 Å². The molecule has 1 heterocycles. The summed E-state index contributed by atoms with van der Waals surface area (Å²) in [5.41, 5.74) is 2.31. The molecule has 0 aliphatic heterocycles. The van der Waals surface area contributed by atoms with Crippen LogP contribution in [0.4, 0.5) is 5.69 Å². The minimum absolute atomic E-state index is 0.175. The van der Waals surface area contributed by atoms with Crippen LogP contribution in [0.3, 0.4) is 0 Å². The number of aryl methyl sites for hydroxylation is 1. The van der Waals surface area contributed by atoms with E-state index >= 15 is 0 Å². The maximum Gasteiger partial charge on any atom is 0.328 e. The van der Waals surface area contributed by atoms with Crippen LogP contribution >= 0.6 is 0 Å². The van der Waals surface area contributed by atoms with E-state index in [4.69, 9.17) is 5.11 Å². The zero-order valence-electron chi connectivity index (χ0n) is 10.7. The molecule has 2 N–H and O–H groups in total. The molecule has 0 aliphatic carbocycles. The number of anilines is 1. The third-order valence-electron chi connectivity index (χ3n) is 2.45. The van der Waals surface area contributed by atoms with E-state index in [1.165, 1.54) is 18.4 Å². The van der Waals surface area contributed by atoms with Gasteiger partial charge in [0, 0.05) is 17.8 Å². The molecule has 0 unspecified atom stereocenters. The number of carboxylic acids is 1. The monoisotopic (exact) mass is 272 g/mol. The lowest BCUT2D eigenvalue weighted by atomic mass is 10.1. The van der Waals surface area contributed by atoms with Gasteiger partial charge >= 0.3 is 5.97 Å². The van der Waals surface area contributed by atoms with E-state index in [0.717, 1.165) is 11.6 Å². The summed E-state index contributed by atoms with van der Waals surface area (Å²) in [6, 6.07) is 6.71. The minimum atomic E-state index is -1.03. The quantitative estimate of drug-likeness (QED) is 0.833. The van der Waals surface area contributed by atoms with Crippen molar-refractivity contribution in [3.8, 4) is 0 Å². The van der Waals surface area contributed by atoms with Crippen LogP contribution in [-0.4, -0.2) is 22.1 Å².